The Balaban J connectivity index is 2.39. The van der Waals surface area contributed by atoms with Gasteiger partial charge in [0, 0.05) is 10.0 Å². The van der Waals surface area contributed by atoms with Gasteiger partial charge in [0.05, 0.1) is 6.54 Å². The lowest BCUT2D eigenvalue weighted by Gasteiger charge is -2.02. The van der Waals surface area contributed by atoms with Crippen LogP contribution in [-0.4, -0.2) is 17.2 Å². The molecule has 16 heavy (non-hydrogen) atoms. The fourth-order valence-corrected chi connectivity index (χ4v) is 1.79. The largest absolute Gasteiger partial charge is 0.419 e. The summed E-state index contributed by atoms with van der Waals surface area (Å²) >= 11 is 3.48. The summed E-state index contributed by atoms with van der Waals surface area (Å²) in [6.45, 7) is 2.60. The van der Waals surface area contributed by atoms with Crippen molar-refractivity contribution in [3.63, 3.8) is 0 Å². The van der Waals surface area contributed by atoms with Crippen molar-refractivity contribution in [3.05, 3.63) is 34.1 Å². The first kappa shape index (κ1) is 11.3. The Morgan fingerprint density at radius 1 is 1.38 bits per heavy atom. The van der Waals surface area contributed by atoms with Crippen LogP contribution in [0.2, 0.25) is 0 Å². The van der Waals surface area contributed by atoms with E-state index in [-0.39, 0.29) is 0 Å². The van der Waals surface area contributed by atoms with Crippen molar-refractivity contribution in [1.29, 1.82) is 0 Å². The van der Waals surface area contributed by atoms with E-state index >= 15 is 0 Å². The first-order valence-corrected chi connectivity index (χ1v) is 5.74. The first-order valence-electron chi connectivity index (χ1n) is 4.95. The van der Waals surface area contributed by atoms with E-state index in [0.29, 0.717) is 18.3 Å². The molecule has 4 nitrogen and oxygen atoms in total. The molecule has 0 bridgehead atoms. The van der Waals surface area contributed by atoms with E-state index in [1.807, 2.05) is 32.2 Å². The molecule has 0 aliphatic heterocycles. The Morgan fingerprint density at radius 2 is 2.19 bits per heavy atom. The summed E-state index contributed by atoms with van der Waals surface area (Å²) in [6, 6.07) is 5.91. The molecule has 0 saturated carbocycles. The maximum atomic E-state index is 5.54. The number of hydrogen-bond acceptors (Lipinski definition) is 4. The Kier molecular flexibility index (Phi) is 3.36. The Hall–Kier alpha value is -1.20. The summed E-state index contributed by atoms with van der Waals surface area (Å²) in [5.41, 5.74) is 2.06. The highest BCUT2D eigenvalue weighted by Crippen LogP contribution is 2.27. The van der Waals surface area contributed by atoms with Gasteiger partial charge in [-0.15, -0.1) is 10.2 Å². The highest BCUT2D eigenvalue weighted by molar-refractivity contribution is 9.10. The minimum Gasteiger partial charge on any atom is -0.419 e. The standard InChI is InChI=1S/C11H12BrN3O/c1-7-8(4-3-5-9(7)12)11-15-14-10(16-11)6-13-2/h3-5,13H,6H2,1-2H3. The van der Waals surface area contributed by atoms with E-state index < -0.39 is 0 Å². The van der Waals surface area contributed by atoms with Crippen LogP contribution in [0, 0.1) is 6.92 Å². The molecule has 0 atom stereocenters. The second-order valence-corrected chi connectivity index (χ2v) is 4.30. The number of rotatable bonds is 3. The van der Waals surface area contributed by atoms with Crippen LogP contribution in [-0.2, 0) is 6.54 Å². The molecule has 1 N–H and O–H groups in total. The van der Waals surface area contributed by atoms with Gasteiger partial charge in [0.15, 0.2) is 0 Å². The number of benzene rings is 1. The monoisotopic (exact) mass is 281 g/mol. The highest BCUT2D eigenvalue weighted by Gasteiger charge is 2.11. The van der Waals surface area contributed by atoms with E-state index in [4.69, 9.17) is 4.42 Å². The summed E-state index contributed by atoms with van der Waals surface area (Å²) in [6.07, 6.45) is 0. The molecule has 5 heteroatoms. The molecule has 0 unspecified atom stereocenters. The summed E-state index contributed by atoms with van der Waals surface area (Å²) < 4.78 is 6.58. The number of nitrogens with one attached hydrogen (secondary N) is 1. The van der Waals surface area contributed by atoms with E-state index in [2.05, 4.69) is 31.4 Å². The molecule has 0 spiro atoms. The van der Waals surface area contributed by atoms with Crippen molar-refractivity contribution in [2.45, 2.75) is 13.5 Å². The Labute approximate surface area is 102 Å². The molecule has 0 radical (unpaired) electrons. The summed E-state index contributed by atoms with van der Waals surface area (Å²) in [5, 5.41) is 11.0. The summed E-state index contributed by atoms with van der Waals surface area (Å²) in [7, 11) is 1.84. The molecular formula is C11H12BrN3O. The van der Waals surface area contributed by atoms with Crippen molar-refractivity contribution in [1.82, 2.24) is 15.5 Å². The van der Waals surface area contributed by atoms with Gasteiger partial charge in [0.2, 0.25) is 11.8 Å². The van der Waals surface area contributed by atoms with E-state index in [1.54, 1.807) is 0 Å². The third-order valence-electron chi connectivity index (χ3n) is 2.29. The van der Waals surface area contributed by atoms with Crippen LogP contribution in [0.4, 0.5) is 0 Å². The van der Waals surface area contributed by atoms with Crippen molar-refractivity contribution in [2.24, 2.45) is 0 Å². The van der Waals surface area contributed by atoms with Gasteiger partial charge in [0.1, 0.15) is 0 Å². The van der Waals surface area contributed by atoms with Crippen LogP contribution < -0.4 is 5.32 Å². The predicted octanol–water partition coefficient (Wildman–Crippen LogP) is 2.53. The molecule has 0 aliphatic rings. The molecule has 0 fully saturated rings. The fraction of sp³-hybridized carbons (Fsp3) is 0.273. The molecule has 1 aromatic heterocycles. The van der Waals surface area contributed by atoms with Gasteiger partial charge in [-0.25, -0.2) is 0 Å². The van der Waals surface area contributed by atoms with Crippen molar-refractivity contribution in [3.8, 4) is 11.5 Å². The van der Waals surface area contributed by atoms with E-state index in [0.717, 1.165) is 15.6 Å². The number of nitrogens with zero attached hydrogens (tertiary/aromatic N) is 2. The molecular weight excluding hydrogens is 270 g/mol. The maximum Gasteiger partial charge on any atom is 0.248 e. The fourth-order valence-electron chi connectivity index (χ4n) is 1.42. The SMILES string of the molecule is CNCc1nnc(-c2cccc(Br)c2C)o1. The van der Waals surface area contributed by atoms with Crippen LogP contribution in [0.25, 0.3) is 11.5 Å². The van der Waals surface area contributed by atoms with Gasteiger partial charge in [-0.05, 0) is 31.7 Å². The van der Waals surface area contributed by atoms with Crippen LogP contribution in [0.3, 0.4) is 0 Å². The molecule has 0 saturated heterocycles. The minimum atomic E-state index is 0.559. The number of aromatic nitrogens is 2. The average Bonchev–Trinajstić information content (AvgIpc) is 2.71. The topological polar surface area (TPSA) is 51.0 Å². The Bertz CT molecular complexity index is 496. The molecule has 0 amide bonds. The third kappa shape index (κ3) is 2.15. The lowest BCUT2D eigenvalue weighted by Crippen LogP contribution is -2.04. The summed E-state index contributed by atoms with van der Waals surface area (Å²) in [5.74, 6) is 1.15. The van der Waals surface area contributed by atoms with Gasteiger partial charge in [-0.3, -0.25) is 0 Å². The molecule has 2 rings (SSSR count). The quantitative estimate of drug-likeness (QED) is 0.939. The zero-order chi connectivity index (χ0) is 11.5. The second kappa shape index (κ2) is 4.76. The smallest absolute Gasteiger partial charge is 0.248 e. The second-order valence-electron chi connectivity index (χ2n) is 3.44. The lowest BCUT2D eigenvalue weighted by molar-refractivity contribution is 0.490. The van der Waals surface area contributed by atoms with Crippen molar-refractivity contribution < 1.29 is 4.42 Å². The van der Waals surface area contributed by atoms with Crippen molar-refractivity contribution >= 4 is 15.9 Å². The Morgan fingerprint density at radius 3 is 2.94 bits per heavy atom. The molecule has 2 aromatic rings. The zero-order valence-corrected chi connectivity index (χ0v) is 10.7. The molecule has 1 aromatic carbocycles. The zero-order valence-electron chi connectivity index (χ0n) is 9.12. The predicted molar refractivity (Wildman–Crippen MR) is 64.9 cm³/mol. The number of hydrogen-bond donors (Lipinski definition) is 1. The highest BCUT2D eigenvalue weighted by atomic mass is 79.9. The van der Waals surface area contributed by atoms with Gasteiger partial charge >= 0.3 is 0 Å². The van der Waals surface area contributed by atoms with Crippen LogP contribution >= 0.6 is 15.9 Å². The van der Waals surface area contributed by atoms with Crippen molar-refractivity contribution in [2.75, 3.05) is 7.05 Å². The van der Waals surface area contributed by atoms with E-state index in [1.165, 1.54) is 0 Å². The van der Waals surface area contributed by atoms with Crippen LogP contribution in [0.5, 0.6) is 0 Å². The van der Waals surface area contributed by atoms with E-state index in [9.17, 15) is 0 Å². The number of halogens is 1. The first-order chi connectivity index (χ1) is 7.72. The van der Waals surface area contributed by atoms with Crippen LogP contribution in [0.15, 0.2) is 27.1 Å². The minimum absolute atomic E-state index is 0.559. The summed E-state index contributed by atoms with van der Waals surface area (Å²) in [4.78, 5) is 0. The normalized spacial score (nSPS) is 10.7. The molecule has 84 valence electrons. The maximum absolute atomic E-state index is 5.54. The lowest BCUT2D eigenvalue weighted by atomic mass is 10.1. The van der Waals surface area contributed by atoms with Crippen LogP contribution in [0.1, 0.15) is 11.5 Å². The molecule has 0 aliphatic carbocycles. The average molecular weight is 282 g/mol. The van der Waals surface area contributed by atoms with Gasteiger partial charge < -0.3 is 9.73 Å². The van der Waals surface area contributed by atoms with Gasteiger partial charge in [0.25, 0.3) is 0 Å². The van der Waals surface area contributed by atoms with Gasteiger partial charge in [-0.2, -0.15) is 0 Å². The molecule has 1 heterocycles. The third-order valence-corrected chi connectivity index (χ3v) is 3.15. The van der Waals surface area contributed by atoms with Gasteiger partial charge in [-0.1, -0.05) is 22.0 Å².